The Morgan fingerprint density at radius 3 is 2.38 bits per heavy atom. The molecule has 0 aliphatic heterocycles. The zero-order valence-corrected chi connectivity index (χ0v) is 9.62. The zero-order chi connectivity index (χ0) is 12.0. The second-order valence-electron chi connectivity index (χ2n) is 3.42. The summed E-state index contributed by atoms with van der Waals surface area (Å²) < 4.78 is 0. The summed E-state index contributed by atoms with van der Waals surface area (Å²) in [5.74, 6) is 0. The molecule has 2 N–H and O–H groups in total. The van der Waals surface area contributed by atoms with Crippen LogP contribution in [0.3, 0.4) is 0 Å². The average molecular weight is 223 g/mol. The van der Waals surface area contributed by atoms with Crippen LogP contribution in [0.15, 0.2) is 18.2 Å². The summed E-state index contributed by atoms with van der Waals surface area (Å²) in [5, 5.41) is 17.1. The van der Waals surface area contributed by atoms with Crippen LogP contribution in [0.4, 0.5) is 17.1 Å². The maximum absolute atomic E-state index is 11.0. The number of anilines is 2. The molecule has 1 aromatic rings. The molecule has 0 bridgehead atoms. The van der Waals surface area contributed by atoms with E-state index in [9.17, 15) is 10.1 Å². The second-order valence-corrected chi connectivity index (χ2v) is 3.42. The van der Waals surface area contributed by atoms with Crippen molar-refractivity contribution in [3.05, 3.63) is 28.3 Å². The highest BCUT2D eigenvalue weighted by atomic mass is 16.6. The summed E-state index contributed by atoms with van der Waals surface area (Å²) in [6.45, 7) is 5.33. The first-order valence-electron chi connectivity index (χ1n) is 5.45. The van der Waals surface area contributed by atoms with Gasteiger partial charge in [-0.05, 0) is 25.5 Å². The lowest BCUT2D eigenvalue weighted by Crippen LogP contribution is -2.06. The van der Waals surface area contributed by atoms with E-state index in [0.29, 0.717) is 17.9 Å². The van der Waals surface area contributed by atoms with Gasteiger partial charge < -0.3 is 10.6 Å². The number of benzene rings is 1. The summed E-state index contributed by atoms with van der Waals surface area (Å²) >= 11 is 0. The molecular formula is C11H17N3O2. The van der Waals surface area contributed by atoms with Crippen molar-refractivity contribution in [1.82, 2.24) is 0 Å². The van der Waals surface area contributed by atoms with Gasteiger partial charge in [-0.2, -0.15) is 0 Å². The molecule has 0 saturated heterocycles. The number of nitrogens with one attached hydrogen (secondary N) is 2. The first-order valence-corrected chi connectivity index (χ1v) is 5.45. The molecule has 1 aromatic carbocycles. The van der Waals surface area contributed by atoms with Crippen LogP contribution >= 0.6 is 0 Å². The number of nitro benzene ring substituents is 1. The van der Waals surface area contributed by atoms with E-state index in [-0.39, 0.29) is 10.6 Å². The molecule has 0 aliphatic rings. The van der Waals surface area contributed by atoms with Crippen LogP contribution in [0, 0.1) is 10.1 Å². The van der Waals surface area contributed by atoms with E-state index in [4.69, 9.17) is 0 Å². The van der Waals surface area contributed by atoms with Crippen molar-refractivity contribution in [3.63, 3.8) is 0 Å². The molecule has 0 amide bonds. The molecule has 16 heavy (non-hydrogen) atoms. The fraction of sp³-hybridized carbons (Fsp3) is 0.455. The van der Waals surface area contributed by atoms with Crippen LogP contribution in [-0.2, 0) is 0 Å². The number of rotatable bonds is 6. The Kier molecular flexibility index (Phi) is 4.57. The van der Waals surface area contributed by atoms with Crippen LogP contribution in [0.1, 0.15) is 20.3 Å². The molecular weight excluding hydrogens is 206 g/mol. The quantitative estimate of drug-likeness (QED) is 0.574. The van der Waals surface area contributed by atoms with Crippen molar-refractivity contribution in [3.8, 4) is 0 Å². The Hall–Kier alpha value is -1.78. The lowest BCUT2D eigenvalue weighted by molar-refractivity contribution is -0.383. The third-order valence-electron chi connectivity index (χ3n) is 2.15. The molecule has 0 heterocycles. The van der Waals surface area contributed by atoms with E-state index < -0.39 is 0 Å². The van der Waals surface area contributed by atoms with Gasteiger partial charge in [-0.25, -0.2) is 0 Å². The van der Waals surface area contributed by atoms with Gasteiger partial charge in [0.1, 0.15) is 11.4 Å². The number of nitro groups is 1. The van der Waals surface area contributed by atoms with Gasteiger partial charge in [-0.1, -0.05) is 13.0 Å². The van der Waals surface area contributed by atoms with Gasteiger partial charge in [-0.3, -0.25) is 10.1 Å². The molecule has 0 unspecified atom stereocenters. The molecule has 0 atom stereocenters. The third-order valence-corrected chi connectivity index (χ3v) is 2.15. The topological polar surface area (TPSA) is 67.2 Å². The monoisotopic (exact) mass is 223 g/mol. The van der Waals surface area contributed by atoms with Crippen LogP contribution in [0.2, 0.25) is 0 Å². The number of hydrogen-bond donors (Lipinski definition) is 2. The lowest BCUT2D eigenvalue weighted by Gasteiger charge is -2.09. The van der Waals surface area contributed by atoms with Gasteiger partial charge in [0.25, 0.3) is 0 Å². The normalized spacial score (nSPS) is 9.88. The number of nitrogens with zero attached hydrogens (tertiary/aromatic N) is 1. The largest absolute Gasteiger partial charge is 0.380 e. The molecule has 88 valence electrons. The molecule has 0 saturated carbocycles. The minimum Gasteiger partial charge on any atom is -0.380 e. The molecule has 0 spiro atoms. The fourth-order valence-electron chi connectivity index (χ4n) is 1.48. The maximum Gasteiger partial charge on any atom is 0.315 e. The summed E-state index contributed by atoms with van der Waals surface area (Å²) in [6.07, 6.45) is 0.933. The van der Waals surface area contributed by atoms with Gasteiger partial charge in [-0.15, -0.1) is 0 Å². The molecule has 5 nitrogen and oxygen atoms in total. The first kappa shape index (κ1) is 12.3. The minimum absolute atomic E-state index is 0.123. The molecule has 0 aromatic heterocycles. The van der Waals surface area contributed by atoms with Gasteiger partial charge in [0.2, 0.25) is 0 Å². The third kappa shape index (κ3) is 2.85. The molecule has 1 rings (SSSR count). The van der Waals surface area contributed by atoms with E-state index in [1.54, 1.807) is 12.1 Å². The second kappa shape index (κ2) is 5.95. The Morgan fingerprint density at radius 2 is 1.88 bits per heavy atom. The standard InChI is InChI=1S/C11H17N3O2/c1-3-8-13-10-7-5-6-9(12-4-2)11(10)14(15)16/h5-7,12-13H,3-4,8H2,1-2H3. The Balaban J connectivity index is 3.05. The summed E-state index contributed by atoms with van der Waals surface area (Å²) in [4.78, 5) is 10.7. The predicted octanol–water partition coefficient (Wildman–Crippen LogP) is 2.85. The maximum atomic E-state index is 11.0. The molecule has 0 radical (unpaired) electrons. The van der Waals surface area contributed by atoms with Crippen molar-refractivity contribution in [2.75, 3.05) is 23.7 Å². The van der Waals surface area contributed by atoms with Crippen molar-refractivity contribution >= 4 is 17.1 Å². The van der Waals surface area contributed by atoms with E-state index in [2.05, 4.69) is 10.6 Å². The highest BCUT2D eigenvalue weighted by Gasteiger charge is 2.18. The fourth-order valence-corrected chi connectivity index (χ4v) is 1.48. The van der Waals surface area contributed by atoms with Crippen molar-refractivity contribution in [2.24, 2.45) is 0 Å². The Labute approximate surface area is 95.0 Å². The van der Waals surface area contributed by atoms with Gasteiger partial charge in [0.05, 0.1) is 4.92 Å². The number of para-hydroxylation sites is 1. The van der Waals surface area contributed by atoms with Gasteiger partial charge in [0.15, 0.2) is 0 Å². The Morgan fingerprint density at radius 1 is 1.25 bits per heavy atom. The van der Waals surface area contributed by atoms with E-state index in [0.717, 1.165) is 13.0 Å². The number of hydrogen-bond acceptors (Lipinski definition) is 4. The van der Waals surface area contributed by atoms with E-state index >= 15 is 0 Å². The summed E-state index contributed by atoms with van der Waals surface area (Å²) in [6, 6.07) is 5.26. The minimum atomic E-state index is -0.351. The van der Waals surface area contributed by atoms with Crippen molar-refractivity contribution in [1.29, 1.82) is 0 Å². The summed E-state index contributed by atoms with van der Waals surface area (Å²) in [7, 11) is 0. The summed E-state index contributed by atoms with van der Waals surface area (Å²) in [5.41, 5.74) is 1.26. The highest BCUT2D eigenvalue weighted by molar-refractivity contribution is 5.76. The van der Waals surface area contributed by atoms with Gasteiger partial charge >= 0.3 is 5.69 Å². The van der Waals surface area contributed by atoms with E-state index in [1.807, 2.05) is 19.9 Å². The first-order chi connectivity index (χ1) is 7.70. The molecule has 0 fully saturated rings. The average Bonchev–Trinajstić information content (AvgIpc) is 2.26. The Bertz CT molecular complexity index is 366. The molecule has 5 heteroatoms. The zero-order valence-electron chi connectivity index (χ0n) is 9.62. The lowest BCUT2D eigenvalue weighted by atomic mass is 10.2. The van der Waals surface area contributed by atoms with Crippen molar-refractivity contribution < 1.29 is 4.92 Å². The highest BCUT2D eigenvalue weighted by Crippen LogP contribution is 2.32. The van der Waals surface area contributed by atoms with Crippen LogP contribution in [-0.4, -0.2) is 18.0 Å². The van der Waals surface area contributed by atoms with Crippen LogP contribution < -0.4 is 10.6 Å². The van der Waals surface area contributed by atoms with Crippen LogP contribution in [0.5, 0.6) is 0 Å². The SMILES string of the molecule is CCCNc1cccc(NCC)c1[N+](=O)[O-]. The van der Waals surface area contributed by atoms with Gasteiger partial charge in [0, 0.05) is 13.1 Å². The smallest absolute Gasteiger partial charge is 0.315 e. The molecule has 0 aliphatic carbocycles. The van der Waals surface area contributed by atoms with Crippen molar-refractivity contribution in [2.45, 2.75) is 20.3 Å². The predicted molar refractivity (Wildman–Crippen MR) is 66.0 cm³/mol. The van der Waals surface area contributed by atoms with Crippen LogP contribution in [0.25, 0.3) is 0 Å². The van der Waals surface area contributed by atoms with E-state index in [1.165, 1.54) is 0 Å².